The number of anilines is 1. The Morgan fingerprint density at radius 1 is 1.20 bits per heavy atom. The maximum absolute atomic E-state index is 14.9. The van der Waals surface area contributed by atoms with E-state index < -0.39 is 29.2 Å². The predicted molar refractivity (Wildman–Crippen MR) is 144 cm³/mol. The molecule has 3 aliphatic heterocycles. The number of benzene rings is 1. The average molecular weight is 549 g/mol. The summed E-state index contributed by atoms with van der Waals surface area (Å²) in [6.45, 7) is 10.3. The number of aromatic nitrogens is 1. The van der Waals surface area contributed by atoms with Crippen molar-refractivity contribution in [3.8, 4) is 5.75 Å². The lowest BCUT2D eigenvalue weighted by molar-refractivity contribution is -0.125. The number of likely N-dealkylation sites (N-methyl/N-ethyl adjacent to an activating group) is 1. The molecule has 208 valence electrons. The van der Waals surface area contributed by atoms with Gasteiger partial charge in [0.2, 0.25) is 0 Å². The number of piperazine rings is 1. The molecule has 2 saturated heterocycles. The van der Waals surface area contributed by atoms with Gasteiger partial charge in [0.1, 0.15) is 17.1 Å². The highest BCUT2D eigenvalue weighted by Gasteiger charge is 2.53. The van der Waals surface area contributed by atoms with E-state index in [4.69, 9.17) is 14.1 Å². The first-order valence-corrected chi connectivity index (χ1v) is 13.1. The van der Waals surface area contributed by atoms with Crippen LogP contribution in [0.2, 0.25) is 0 Å². The van der Waals surface area contributed by atoms with Gasteiger partial charge in [0, 0.05) is 44.4 Å². The minimum Gasteiger partial charge on any atom is -0.494 e. The Morgan fingerprint density at radius 2 is 1.98 bits per heavy atom. The minimum atomic E-state index is -1.74. The van der Waals surface area contributed by atoms with E-state index in [2.05, 4.69) is 33.9 Å². The van der Waals surface area contributed by atoms with Crippen LogP contribution in [0.3, 0.4) is 0 Å². The molecule has 1 aromatic carbocycles. The normalized spacial score (nSPS) is 21.1. The van der Waals surface area contributed by atoms with E-state index in [0.29, 0.717) is 16.7 Å². The molecule has 0 bridgehead atoms. The summed E-state index contributed by atoms with van der Waals surface area (Å²) in [6.07, 6.45) is 1.71. The van der Waals surface area contributed by atoms with Crippen molar-refractivity contribution < 1.29 is 27.9 Å². The number of halogens is 1. The smallest absolute Gasteiger partial charge is 0.322 e. The average Bonchev–Trinajstić information content (AvgIpc) is 3.61. The van der Waals surface area contributed by atoms with Crippen LogP contribution in [-0.2, 0) is 16.9 Å². The zero-order valence-electron chi connectivity index (χ0n) is 22.3. The number of nitrogens with zero attached hydrogens (tertiary/aromatic N) is 4. The number of urea groups is 1. The summed E-state index contributed by atoms with van der Waals surface area (Å²) in [5, 5.41) is 4.91. The Hall–Kier alpha value is -4.45. The van der Waals surface area contributed by atoms with Gasteiger partial charge in [0.25, 0.3) is 11.8 Å². The molecule has 0 radical (unpaired) electrons. The number of pyridine rings is 1. The summed E-state index contributed by atoms with van der Waals surface area (Å²) in [7, 11) is 1.32. The van der Waals surface area contributed by atoms with Gasteiger partial charge in [-0.1, -0.05) is 25.6 Å². The van der Waals surface area contributed by atoms with Gasteiger partial charge in [0.05, 0.1) is 19.2 Å². The van der Waals surface area contributed by atoms with E-state index in [1.165, 1.54) is 18.1 Å². The number of hydrogen-bond acceptors (Lipinski definition) is 8. The van der Waals surface area contributed by atoms with Crippen molar-refractivity contribution in [1.82, 2.24) is 25.4 Å². The first kappa shape index (κ1) is 25.8. The van der Waals surface area contributed by atoms with Crippen LogP contribution in [0.1, 0.15) is 34.2 Å². The number of rotatable bonds is 7. The van der Waals surface area contributed by atoms with E-state index in [9.17, 15) is 18.8 Å². The van der Waals surface area contributed by atoms with Crippen molar-refractivity contribution in [1.29, 1.82) is 0 Å². The lowest BCUT2D eigenvalue weighted by Crippen LogP contribution is -2.52. The van der Waals surface area contributed by atoms with Gasteiger partial charge in [-0.15, -0.1) is 0 Å². The van der Waals surface area contributed by atoms with Crippen molar-refractivity contribution >= 4 is 40.8 Å². The summed E-state index contributed by atoms with van der Waals surface area (Å²) in [6, 6.07) is 5.75. The van der Waals surface area contributed by atoms with Crippen LogP contribution < -0.4 is 20.3 Å². The Bertz CT molecular complexity index is 1560. The molecule has 1 atom stereocenters. The van der Waals surface area contributed by atoms with Gasteiger partial charge in [-0.3, -0.25) is 14.9 Å². The SMILES string of the molecule is C=Cc1cc2oc(C3(CN4Cc5ccc(OC)c(F)c5C4=O)NC(=O)NC3=O)cc2nc1N1CCN(CC)CC1. The monoisotopic (exact) mass is 548 g/mol. The van der Waals surface area contributed by atoms with Crippen LogP contribution in [0.15, 0.2) is 35.3 Å². The van der Waals surface area contributed by atoms with Crippen molar-refractivity contribution in [2.24, 2.45) is 0 Å². The molecule has 40 heavy (non-hydrogen) atoms. The molecular weight excluding hydrogens is 519 g/mol. The number of hydrogen-bond donors (Lipinski definition) is 2. The molecule has 4 amide bonds. The molecule has 6 rings (SSSR count). The molecule has 3 aromatic rings. The number of imide groups is 1. The lowest BCUT2D eigenvalue weighted by atomic mass is 9.95. The molecule has 2 fully saturated rings. The number of nitrogens with one attached hydrogen (secondary N) is 2. The first-order chi connectivity index (χ1) is 19.3. The quantitative estimate of drug-likeness (QED) is 0.432. The highest BCUT2D eigenvalue weighted by atomic mass is 19.1. The van der Waals surface area contributed by atoms with Crippen LogP contribution >= 0.6 is 0 Å². The molecule has 12 heteroatoms. The predicted octanol–water partition coefficient (Wildman–Crippen LogP) is 2.45. The second kappa shape index (κ2) is 9.63. The summed E-state index contributed by atoms with van der Waals surface area (Å²) < 4.78 is 26.1. The van der Waals surface area contributed by atoms with E-state index >= 15 is 0 Å². The second-order valence-corrected chi connectivity index (χ2v) is 10.1. The highest BCUT2D eigenvalue weighted by Crippen LogP contribution is 2.37. The van der Waals surface area contributed by atoms with Crippen molar-refractivity contribution in [2.75, 3.05) is 51.3 Å². The van der Waals surface area contributed by atoms with E-state index in [1.54, 1.807) is 24.3 Å². The third-order valence-electron chi connectivity index (χ3n) is 7.92. The van der Waals surface area contributed by atoms with Gasteiger partial charge >= 0.3 is 6.03 Å². The molecule has 0 spiro atoms. The molecular formula is C28H29FN6O5. The Balaban J connectivity index is 1.37. The fraction of sp³-hybridized carbons (Fsp3) is 0.357. The van der Waals surface area contributed by atoms with E-state index in [1.807, 2.05) is 0 Å². The Kier molecular flexibility index (Phi) is 6.21. The summed E-state index contributed by atoms with van der Waals surface area (Å²) in [5.41, 5.74) is 0.278. The Labute approximate surface area is 229 Å². The minimum absolute atomic E-state index is 0.0486. The zero-order chi connectivity index (χ0) is 28.2. The van der Waals surface area contributed by atoms with Gasteiger partial charge in [-0.25, -0.2) is 14.2 Å². The third kappa shape index (κ3) is 3.98. The fourth-order valence-electron chi connectivity index (χ4n) is 5.68. The lowest BCUT2D eigenvalue weighted by Gasteiger charge is -2.35. The van der Waals surface area contributed by atoms with Crippen molar-refractivity contribution in [2.45, 2.75) is 19.0 Å². The molecule has 0 saturated carbocycles. The summed E-state index contributed by atoms with van der Waals surface area (Å²) in [5.74, 6) is -1.24. The molecule has 0 aliphatic carbocycles. The standard InChI is InChI=1S/C28H29FN6O5/c1-4-16-12-20-18(30-24(16)34-10-8-33(5-2)9-11-34)13-21(40-20)28(26(37)31-27(38)32-28)15-35-14-17-6-7-19(39-3)23(29)22(17)25(35)36/h4,6-7,12-13H,1,5,8-11,14-15H2,2-3H3,(H2,31,32,37,38). The molecule has 5 heterocycles. The van der Waals surface area contributed by atoms with Gasteiger partial charge in [-0.2, -0.15) is 0 Å². The highest BCUT2D eigenvalue weighted by molar-refractivity contribution is 6.08. The number of methoxy groups -OCH3 is 1. The number of ether oxygens (including phenoxy) is 1. The van der Waals surface area contributed by atoms with Gasteiger partial charge in [-0.05, 0) is 24.2 Å². The second-order valence-electron chi connectivity index (χ2n) is 10.1. The molecule has 2 aromatic heterocycles. The fourth-order valence-corrected chi connectivity index (χ4v) is 5.68. The maximum Gasteiger partial charge on any atom is 0.322 e. The molecule has 1 unspecified atom stereocenters. The van der Waals surface area contributed by atoms with Gasteiger partial charge in [0.15, 0.2) is 22.7 Å². The topological polar surface area (TPSA) is 120 Å². The van der Waals surface area contributed by atoms with Crippen LogP contribution in [0.25, 0.3) is 17.2 Å². The largest absolute Gasteiger partial charge is 0.494 e. The van der Waals surface area contributed by atoms with E-state index in [-0.39, 0.29) is 30.2 Å². The maximum atomic E-state index is 14.9. The number of fused-ring (bicyclic) bond motifs is 2. The molecule has 3 aliphatic rings. The number of carbonyl (C=O) groups excluding carboxylic acids is 3. The molecule has 11 nitrogen and oxygen atoms in total. The third-order valence-corrected chi connectivity index (χ3v) is 7.92. The summed E-state index contributed by atoms with van der Waals surface area (Å²) in [4.78, 5) is 49.7. The Morgan fingerprint density at radius 3 is 2.62 bits per heavy atom. The first-order valence-electron chi connectivity index (χ1n) is 13.1. The van der Waals surface area contributed by atoms with Crippen LogP contribution in [0.5, 0.6) is 5.75 Å². The number of furan rings is 1. The van der Waals surface area contributed by atoms with Gasteiger partial charge < -0.3 is 29.2 Å². The van der Waals surface area contributed by atoms with Crippen LogP contribution in [-0.4, -0.2) is 79.0 Å². The van der Waals surface area contributed by atoms with Crippen molar-refractivity contribution in [3.63, 3.8) is 0 Å². The van der Waals surface area contributed by atoms with E-state index in [0.717, 1.165) is 44.1 Å². The number of amides is 4. The summed E-state index contributed by atoms with van der Waals surface area (Å²) >= 11 is 0. The number of carbonyl (C=O) groups is 3. The zero-order valence-corrected chi connectivity index (χ0v) is 22.3. The van der Waals surface area contributed by atoms with Crippen LogP contribution in [0, 0.1) is 5.82 Å². The molecule has 2 N–H and O–H groups in total. The van der Waals surface area contributed by atoms with Crippen molar-refractivity contribution in [3.05, 3.63) is 59.1 Å². The van der Waals surface area contributed by atoms with Crippen LogP contribution in [0.4, 0.5) is 15.0 Å².